The van der Waals surface area contributed by atoms with Gasteiger partial charge in [-0.05, 0) is 36.4 Å². The van der Waals surface area contributed by atoms with Crippen molar-refractivity contribution in [2.45, 2.75) is 16.0 Å². The van der Waals surface area contributed by atoms with Crippen LogP contribution in [-0.4, -0.2) is 10.1 Å². The lowest BCUT2D eigenvalue weighted by molar-refractivity contribution is -0.159. The average Bonchev–Trinajstić information content (AvgIpc) is 3.00. The molecule has 0 aliphatic heterocycles. The van der Waals surface area contributed by atoms with Gasteiger partial charge in [0.2, 0.25) is 5.82 Å². The molecule has 0 saturated carbocycles. The van der Waals surface area contributed by atoms with Crippen molar-refractivity contribution in [1.29, 1.82) is 0 Å². The molecule has 0 aliphatic carbocycles. The molecule has 1 aromatic heterocycles. The van der Waals surface area contributed by atoms with E-state index in [0.29, 0.717) is 10.6 Å². The van der Waals surface area contributed by atoms with Crippen molar-refractivity contribution < 1.29 is 17.7 Å². The number of benzene rings is 2. The molecule has 3 nitrogen and oxygen atoms in total. The molecule has 0 bridgehead atoms. The van der Waals surface area contributed by atoms with Crippen LogP contribution in [0, 0.1) is 0 Å². The van der Waals surface area contributed by atoms with Gasteiger partial charge in [0.1, 0.15) is 0 Å². The summed E-state index contributed by atoms with van der Waals surface area (Å²) in [5, 5.41) is 4.01. The predicted octanol–water partition coefficient (Wildman–Crippen LogP) is 5.56. The molecular formula is C15H8ClF3N2OS. The zero-order valence-corrected chi connectivity index (χ0v) is 12.9. The van der Waals surface area contributed by atoms with Crippen LogP contribution in [0.5, 0.6) is 0 Å². The molecule has 0 radical (unpaired) electrons. The van der Waals surface area contributed by atoms with Gasteiger partial charge in [-0.15, -0.1) is 0 Å². The number of alkyl halides is 3. The fraction of sp³-hybridized carbons (Fsp3) is 0.0667. The Labute approximate surface area is 138 Å². The lowest BCUT2D eigenvalue weighted by Crippen LogP contribution is -2.04. The van der Waals surface area contributed by atoms with Gasteiger partial charge in [0.05, 0.1) is 0 Å². The minimum absolute atomic E-state index is 0.101. The van der Waals surface area contributed by atoms with E-state index in [-0.39, 0.29) is 5.82 Å². The third kappa shape index (κ3) is 3.86. The van der Waals surface area contributed by atoms with E-state index >= 15 is 0 Å². The third-order valence-electron chi connectivity index (χ3n) is 2.81. The summed E-state index contributed by atoms with van der Waals surface area (Å²) in [4.78, 5) is 5.17. The van der Waals surface area contributed by atoms with E-state index in [9.17, 15) is 13.2 Å². The molecule has 0 N–H and O–H groups in total. The highest BCUT2D eigenvalue weighted by molar-refractivity contribution is 7.99. The maximum atomic E-state index is 12.5. The van der Waals surface area contributed by atoms with Crippen molar-refractivity contribution in [3.05, 3.63) is 59.4 Å². The van der Waals surface area contributed by atoms with Crippen LogP contribution >= 0.6 is 23.4 Å². The fourth-order valence-corrected chi connectivity index (χ4v) is 2.80. The third-order valence-corrected chi connectivity index (χ3v) is 4.06. The standard InChI is InChI=1S/C15H8ClF3N2OS/c16-10-4-6-11(7-5-10)23-12-3-1-2-9(8-12)13-20-14(22-21-13)15(17,18)19/h1-8H. The van der Waals surface area contributed by atoms with Crippen molar-refractivity contribution >= 4 is 23.4 Å². The Morgan fingerprint density at radius 2 is 1.74 bits per heavy atom. The maximum absolute atomic E-state index is 12.5. The molecule has 3 rings (SSSR count). The van der Waals surface area contributed by atoms with E-state index in [1.165, 1.54) is 11.8 Å². The molecule has 8 heteroatoms. The van der Waals surface area contributed by atoms with Crippen LogP contribution < -0.4 is 0 Å². The number of hydrogen-bond donors (Lipinski definition) is 0. The Bertz CT molecular complexity index is 818. The Balaban J connectivity index is 1.85. The molecule has 0 spiro atoms. The quantitative estimate of drug-likeness (QED) is 0.616. The van der Waals surface area contributed by atoms with Gasteiger partial charge < -0.3 is 4.52 Å². The molecule has 2 aromatic carbocycles. The topological polar surface area (TPSA) is 38.9 Å². The first-order valence-electron chi connectivity index (χ1n) is 6.36. The molecule has 23 heavy (non-hydrogen) atoms. The van der Waals surface area contributed by atoms with Gasteiger partial charge in [0.25, 0.3) is 0 Å². The van der Waals surface area contributed by atoms with Gasteiger partial charge in [-0.1, -0.05) is 40.7 Å². The molecule has 0 atom stereocenters. The Morgan fingerprint density at radius 1 is 1.00 bits per heavy atom. The number of rotatable bonds is 3. The maximum Gasteiger partial charge on any atom is 0.471 e. The summed E-state index contributed by atoms with van der Waals surface area (Å²) in [5.41, 5.74) is 0.447. The smallest absolute Gasteiger partial charge is 0.329 e. The van der Waals surface area contributed by atoms with E-state index in [2.05, 4.69) is 14.7 Å². The lowest BCUT2D eigenvalue weighted by atomic mass is 10.2. The largest absolute Gasteiger partial charge is 0.471 e. The summed E-state index contributed by atoms with van der Waals surface area (Å²) in [6.07, 6.45) is -4.65. The number of aromatic nitrogens is 2. The molecule has 0 amide bonds. The summed E-state index contributed by atoms with van der Waals surface area (Å²) in [6, 6.07) is 14.1. The highest BCUT2D eigenvalue weighted by Gasteiger charge is 2.38. The van der Waals surface area contributed by atoms with Crippen LogP contribution in [0.15, 0.2) is 62.8 Å². The van der Waals surface area contributed by atoms with Gasteiger partial charge in [0.15, 0.2) is 0 Å². The van der Waals surface area contributed by atoms with E-state index in [0.717, 1.165) is 9.79 Å². The first-order chi connectivity index (χ1) is 10.9. The van der Waals surface area contributed by atoms with Crippen LogP contribution in [-0.2, 0) is 6.18 Å². The Morgan fingerprint density at radius 3 is 2.39 bits per heavy atom. The van der Waals surface area contributed by atoms with Crippen molar-refractivity contribution in [2.24, 2.45) is 0 Å². The van der Waals surface area contributed by atoms with E-state index in [4.69, 9.17) is 11.6 Å². The number of halogens is 4. The second-order valence-electron chi connectivity index (χ2n) is 4.50. The van der Waals surface area contributed by atoms with Gasteiger partial charge in [0, 0.05) is 20.4 Å². The van der Waals surface area contributed by atoms with Gasteiger partial charge >= 0.3 is 12.1 Å². The summed E-state index contributed by atoms with van der Waals surface area (Å²) in [5.74, 6) is -1.46. The zero-order valence-electron chi connectivity index (χ0n) is 11.3. The van der Waals surface area contributed by atoms with Crippen LogP contribution in [0.25, 0.3) is 11.4 Å². The Kier molecular flexibility index (Phi) is 4.32. The number of nitrogens with zero attached hydrogens (tertiary/aromatic N) is 2. The average molecular weight is 357 g/mol. The van der Waals surface area contributed by atoms with E-state index in [1.807, 2.05) is 18.2 Å². The fourth-order valence-electron chi connectivity index (χ4n) is 1.79. The first-order valence-corrected chi connectivity index (χ1v) is 7.56. The molecule has 0 unspecified atom stereocenters. The highest BCUT2D eigenvalue weighted by Crippen LogP contribution is 2.32. The van der Waals surface area contributed by atoms with E-state index in [1.54, 1.807) is 30.3 Å². The number of hydrogen-bond acceptors (Lipinski definition) is 4. The van der Waals surface area contributed by atoms with Crippen LogP contribution in [0.2, 0.25) is 5.02 Å². The first kappa shape index (κ1) is 15.9. The van der Waals surface area contributed by atoms with Crippen molar-refractivity contribution in [3.8, 4) is 11.4 Å². The molecule has 0 saturated heterocycles. The predicted molar refractivity (Wildman–Crippen MR) is 80.3 cm³/mol. The SMILES string of the molecule is FC(F)(F)c1nc(-c2cccc(Sc3ccc(Cl)cc3)c2)no1. The second kappa shape index (κ2) is 6.25. The van der Waals surface area contributed by atoms with Gasteiger partial charge in [-0.2, -0.15) is 18.2 Å². The molecule has 3 aromatic rings. The molecule has 0 fully saturated rings. The van der Waals surface area contributed by atoms with Crippen LogP contribution in [0.3, 0.4) is 0 Å². The minimum Gasteiger partial charge on any atom is -0.329 e. The second-order valence-corrected chi connectivity index (χ2v) is 6.09. The van der Waals surface area contributed by atoms with E-state index < -0.39 is 12.1 Å². The minimum atomic E-state index is -4.65. The normalized spacial score (nSPS) is 11.7. The lowest BCUT2D eigenvalue weighted by Gasteiger charge is -2.03. The molecule has 0 aliphatic rings. The van der Waals surface area contributed by atoms with Crippen molar-refractivity contribution in [2.75, 3.05) is 0 Å². The summed E-state index contributed by atoms with van der Waals surface area (Å²) >= 11 is 7.28. The Hall–Kier alpha value is -1.99. The zero-order chi connectivity index (χ0) is 16.4. The molecule has 118 valence electrons. The van der Waals surface area contributed by atoms with Crippen LogP contribution in [0.1, 0.15) is 5.89 Å². The van der Waals surface area contributed by atoms with Gasteiger partial charge in [-0.3, -0.25) is 0 Å². The van der Waals surface area contributed by atoms with Gasteiger partial charge in [-0.25, -0.2) is 0 Å². The van der Waals surface area contributed by atoms with Crippen molar-refractivity contribution in [3.63, 3.8) is 0 Å². The monoisotopic (exact) mass is 356 g/mol. The van der Waals surface area contributed by atoms with Crippen LogP contribution in [0.4, 0.5) is 13.2 Å². The summed E-state index contributed by atoms with van der Waals surface area (Å²) in [6.45, 7) is 0. The van der Waals surface area contributed by atoms with Crippen molar-refractivity contribution in [1.82, 2.24) is 10.1 Å². The molecule has 1 heterocycles. The molecular weight excluding hydrogens is 349 g/mol. The summed E-state index contributed by atoms with van der Waals surface area (Å²) < 4.78 is 41.8. The highest BCUT2D eigenvalue weighted by atomic mass is 35.5. The summed E-state index contributed by atoms with van der Waals surface area (Å²) in [7, 11) is 0.